The molecule has 0 bridgehead atoms. The topological polar surface area (TPSA) is 55.8 Å². The molecule has 0 heterocycles. The van der Waals surface area contributed by atoms with E-state index < -0.39 is 7.60 Å². The van der Waals surface area contributed by atoms with Gasteiger partial charge in [-0.15, -0.1) is 11.6 Å². The highest BCUT2D eigenvalue weighted by Crippen LogP contribution is 2.57. The molecule has 0 amide bonds. The Morgan fingerprint density at radius 3 is 2.27 bits per heavy atom. The van der Waals surface area contributed by atoms with E-state index in [2.05, 4.69) is 0 Å². The zero-order chi connectivity index (χ0) is 11.7. The number of rotatable bonds is 8. The van der Waals surface area contributed by atoms with E-state index in [1.165, 1.54) is 0 Å². The quantitative estimate of drug-likeness (QED) is 0.409. The Morgan fingerprint density at radius 2 is 1.93 bits per heavy atom. The van der Waals surface area contributed by atoms with Crippen molar-refractivity contribution < 1.29 is 18.7 Å². The highest BCUT2D eigenvalue weighted by atomic mass is 35.5. The second kappa shape index (κ2) is 8.17. The maximum absolute atomic E-state index is 12.1. The standard InChI is InChI=1S/C9H18ClO4P/c1-3-13-15(12,14-4-2)9(8-11)6-5-7-10/h8,11H,3-7H2,1-2H3/b9-8-. The van der Waals surface area contributed by atoms with Crippen LogP contribution in [0.3, 0.4) is 0 Å². The molecule has 0 aromatic carbocycles. The maximum Gasteiger partial charge on any atom is 0.360 e. The highest BCUT2D eigenvalue weighted by molar-refractivity contribution is 7.58. The molecule has 0 saturated heterocycles. The van der Waals surface area contributed by atoms with Crippen molar-refractivity contribution >= 4 is 19.2 Å². The molecule has 15 heavy (non-hydrogen) atoms. The molecular weight excluding hydrogens is 239 g/mol. The summed E-state index contributed by atoms with van der Waals surface area (Å²) in [5.74, 6) is 0.440. The first-order chi connectivity index (χ1) is 7.14. The Kier molecular flexibility index (Phi) is 8.16. The number of hydrogen-bond donors (Lipinski definition) is 1. The van der Waals surface area contributed by atoms with Gasteiger partial charge in [-0.3, -0.25) is 4.57 Å². The molecule has 0 rings (SSSR count). The van der Waals surface area contributed by atoms with Gasteiger partial charge in [-0.2, -0.15) is 0 Å². The molecule has 0 aromatic heterocycles. The molecule has 0 aromatic rings. The smallest absolute Gasteiger partial charge is 0.360 e. The number of hydrogen-bond acceptors (Lipinski definition) is 4. The van der Waals surface area contributed by atoms with Gasteiger partial charge in [-0.05, 0) is 26.7 Å². The van der Waals surface area contributed by atoms with Crippen molar-refractivity contribution in [1.82, 2.24) is 0 Å². The monoisotopic (exact) mass is 256 g/mol. The molecule has 6 heteroatoms. The van der Waals surface area contributed by atoms with Crippen molar-refractivity contribution in [2.75, 3.05) is 19.1 Å². The van der Waals surface area contributed by atoms with Gasteiger partial charge in [0.05, 0.1) is 24.8 Å². The van der Waals surface area contributed by atoms with Gasteiger partial charge in [0.25, 0.3) is 0 Å². The summed E-state index contributed by atoms with van der Waals surface area (Å²) in [7, 11) is -3.31. The van der Waals surface area contributed by atoms with Gasteiger partial charge in [0.15, 0.2) is 0 Å². The van der Waals surface area contributed by atoms with Gasteiger partial charge < -0.3 is 14.2 Å². The van der Waals surface area contributed by atoms with Crippen molar-refractivity contribution in [3.8, 4) is 0 Å². The minimum Gasteiger partial charge on any atom is -0.515 e. The summed E-state index contributed by atoms with van der Waals surface area (Å²) in [5, 5.41) is 9.29. The molecule has 0 fully saturated rings. The Labute approximate surface area is 95.8 Å². The number of halogens is 1. The first-order valence-electron chi connectivity index (χ1n) is 4.93. The lowest BCUT2D eigenvalue weighted by Crippen LogP contribution is -1.99. The molecule has 0 saturated carbocycles. The van der Waals surface area contributed by atoms with Crippen molar-refractivity contribution in [1.29, 1.82) is 0 Å². The Hall–Kier alpha value is -0.0200. The van der Waals surface area contributed by atoms with Crippen LogP contribution in [0.1, 0.15) is 26.7 Å². The Balaban J connectivity index is 4.63. The van der Waals surface area contributed by atoms with Crippen LogP contribution in [0.25, 0.3) is 0 Å². The molecule has 0 aliphatic rings. The highest BCUT2D eigenvalue weighted by Gasteiger charge is 2.29. The molecule has 0 atom stereocenters. The molecule has 0 aliphatic heterocycles. The fourth-order valence-corrected chi connectivity index (χ4v) is 2.86. The number of aliphatic hydroxyl groups excluding tert-OH is 1. The first kappa shape index (κ1) is 15.0. The van der Waals surface area contributed by atoms with Crippen LogP contribution < -0.4 is 0 Å². The number of alkyl halides is 1. The number of allylic oxidation sites excluding steroid dienone is 1. The molecule has 0 aliphatic carbocycles. The molecule has 0 radical (unpaired) electrons. The van der Waals surface area contributed by atoms with Crippen LogP contribution in [0.2, 0.25) is 0 Å². The van der Waals surface area contributed by atoms with Crippen LogP contribution >= 0.6 is 19.2 Å². The SMILES string of the molecule is CCOP(=O)(OCC)/C(=C\O)CCCCl. The van der Waals surface area contributed by atoms with Crippen molar-refractivity contribution in [2.45, 2.75) is 26.7 Å². The van der Waals surface area contributed by atoms with Crippen molar-refractivity contribution in [3.05, 3.63) is 11.6 Å². The molecule has 90 valence electrons. The summed E-state index contributed by atoms with van der Waals surface area (Å²) in [4.78, 5) is 0. The minimum atomic E-state index is -3.31. The normalized spacial score (nSPS) is 13.1. The van der Waals surface area contributed by atoms with Gasteiger partial charge in [0, 0.05) is 5.88 Å². The molecule has 4 nitrogen and oxygen atoms in total. The average molecular weight is 257 g/mol. The largest absolute Gasteiger partial charge is 0.515 e. The summed E-state index contributed by atoms with van der Waals surface area (Å²) in [6.45, 7) is 4.00. The van der Waals surface area contributed by atoms with E-state index in [9.17, 15) is 4.57 Å². The van der Waals surface area contributed by atoms with Crippen molar-refractivity contribution in [2.24, 2.45) is 0 Å². The predicted molar refractivity (Wildman–Crippen MR) is 61.5 cm³/mol. The second-order valence-electron chi connectivity index (χ2n) is 2.75. The molecule has 0 spiro atoms. The van der Waals surface area contributed by atoms with Gasteiger partial charge in [0.2, 0.25) is 0 Å². The Morgan fingerprint density at radius 1 is 1.40 bits per heavy atom. The lowest BCUT2D eigenvalue weighted by Gasteiger charge is -2.18. The van der Waals surface area contributed by atoms with E-state index in [-0.39, 0.29) is 18.5 Å². The molecule has 1 N–H and O–H groups in total. The zero-order valence-corrected chi connectivity index (χ0v) is 10.8. The van der Waals surface area contributed by atoms with Crippen LogP contribution in [-0.4, -0.2) is 24.2 Å². The number of aliphatic hydroxyl groups is 1. The third kappa shape index (κ3) is 5.03. The fraction of sp³-hybridized carbons (Fsp3) is 0.778. The second-order valence-corrected chi connectivity index (χ2v) is 5.21. The van der Waals surface area contributed by atoms with Crippen LogP contribution in [0.15, 0.2) is 11.6 Å². The van der Waals surface area contributed by atoms with E-state index >= 15 is 0 Å². The van der Waals surface area contributed by atoms with E-state index in [4.69, 9.17) is 25.8 Å². The molecular formula is C9H18ClO4P. The summed E-state index contributed by atoms with van der Waals surface area (Å²) in [5.41, 5.74) is 0. The lowest BCUT2D eigenvalue weighted by atomic mass is 10.3. The first-order valence-corrected chi connectivity index (χ1v) is 7.01. The molecule has 0 unspecified atom stereocenters. The van der Waals surface area contributed by atoms with E-state index in [1.807, 2.05) is 0 Å². The summed E-state index contributed by atoms with van der Waals surface area (Å²) in [6, 6.07) is 0. The van der Waals surface area contributed by atoms with E-state index in [0.717, 1.165) is 6.26 Å². The van der Waals surface area contributed by atoms with Gasteiger partial charge >= 0.3 is 7.60 Å². The van der Waals surface area contributed by atoms with Crippen LogP contribution in [0.5, 0.6) is 0 Å². The third-order valence-corrected chi connectivity index (χ3v) is 4.17. The van der Waals surface area contributed by atoms with Gasteiger partial charge in [0.1, 0.15) is 0 Å². The average Bonchev–Trinajstić information content (AvgIpc) is 2.19. The van der Waals surface area contributed by atoms with Crippen LogP contribution in [0.4, 0.5) is 0 Å². The summed E-state index contributed by atoms with van der Waals surface area (Å²) in [6.07, 6.45) is 1.84. The van der Waals surface area contributed by atoms with E-state index in [1.54, 1.807) is 13.8 Å². The Bertz CT molecular complexity index is 232. The predicted octanol–water partition coefficient (Wildman–Crippen LogP) is 3.67. The minimum absolute atomic E-state index is 0.273. The van der Waals surface area contributed by atoms with Gasteiger partial charge in [-0.1, -0.05) is 0 Å². The maximum atomic E-state index is 12.1. The van der Waals surface area contributed by atoms with E-state index in [0.29, 0.717) is 18.7 Å². The fourth-order valence-electron chi connectivity index (χ4n) is 1.06. The lowest BCUT2D eigenvalue weighted by molar-refractivity contribution is 0.224. The third-order valence-electron chi connectivity index (χ3n) is 1.67. The van der Waals surface area contributed by atoms with Crippen LogP contribution in [-0.2, 0) is 13.6 Å². The zero-order valence-electron chi connectivity index (χ0n) is 9.11. The van der Waals surface area contributed by atoms with Gasteiger partial charge in [-0.25, -0.2) is 0 Å². The van der Waals surface area contributed by atoms with Crippen molar-refractivity contribution in [3.63, 3.8) is 0 Å². The van der Waals surface area contributed by atoms with Crippen LogP contribution in [0, 0.1) is 0 Å². The summed E-state index contributed by atoms with van der Waals surface area (Å²) >= 11 is 5.53. The summed E-state index contributed by atoms with van der Waals surface area (Å²) < 4.78 is 22.3.